The van der Waals surface area contributed by atoms with Crippen molar-refractivity contribution in [2.24, 2.45) is 5.73 Å². The van der Waals surface area contributed by atoms with E-state index in [1.54, 1.807) is 0 Å². The Kier molecular flexibility index (Phi) is 3.10. The summed E-state index contributed by atoms with van der Waals surface area (Å²) in [6.07, 6.45) is -2.29. The quantitative estimate of drug-likeness (QED) is 0.835. The third kappa shape index (κ3) is 1.87. The molecular weight excluding hydrogens is 265 g/mol. The molecule has 14 heavy (non-hydrogen) atoms. The Labute approximate surface area is 85.2 Å². The lowest BCUT2D eigenvalue weighted by molar-refractivity contribution is 0.0980. The van der Waals surface area contributed by atoms with Crippen LogP contribution in [0.2, 0.25) is 0 Å². The molecule has 0 aromatic carbocycles. The van der Waals surface area contributed by atoms with E-state index < -0.39 is 29.3 Å². The number of carbonyl (C=O) groups is 1. The first kappa shape index (κ1) is 11.0. The highest BCUT2D eigenvalue weighted by Gasteiger charge is 2.23. The van der Waals surface area contributed by atoms with Gasteiger partial charge >= 0.3 is 0 Å². The van der Waals surface area contributed by atoms with Crippen LogP contribution in [0, 0.1) is 5.82 Å². The molecule has 0 radical (unpaired) electrons. The van der Waals surface area contributed by atoms with Crippen molar-refractivity contribution in [3.63, 3.8) is 0 Å². The van der Waals surface area contributed by atoms with Crippen LogP contribution in [0.15, 0.2) is 10.8 Å². The van der Waals surface area contributed by atoms with Gasteiger partial charge in [-0.2, -0.15) is 0 Å². The predicted octanol–water partition coefficient (Wildman–Crippen LogP) is 2.02. The first-order chi connectivity index (χ1) is 6.45. The minimum Gasteiger partial charge on any atom is -0.365 e. The summed E-state index contributed by atoms with van der Waals surface area (Å²) in [5.74, 6) is -2.42. The number of pyridine rings is 1. The molecule has 0 aliphatic heterocycles. The monoisotopic (exact) mass is 268 g/mol. The molecule has 76 valence electrons. The normalized spacial score (nSPS) is 10.6. The standard InChI is InChI=1S/C7H4BrF3N2O/c8-5-4(9)3(7(12)14)2(1-13-5)6(10)11/h1,6H,(H2,12,14). The van der Waals surface area contributed by atoms with E-state index in [1.165, 1.54) is 0 Å². The molecule has 3 nitrogen and oxygen atoms in total. The maximum atomic E-state index is 13.1. The highest BCUT2D eigenvalue weighted by atomic mass is 79.9. The van der Waals surface area contributed by atoms with Crippen molar-refractivity contribution in [2.75, 3.05) is 0 Å². The van der Waals surface area contributed by atoms with Gasteiger partial charge in [-0.15, -0.1) is 0 Å². The molecular formula is C7H4BrF3N2O. The van der Waals surface area contributed by atoms with Gasteiger partial charge in [-0.25, -0.2) is 18.2 Å². The summed E-state index contributed by atoms with van der Waals surface area (Å²) in [7, 11) is 0. The molecule has 1 aromatic rings. The zero-order valence-electron chi connectivity index (χ0n) is 6.60. The van der Waals surface area contributed by atoms with Crippen LogP contribution < -0.4 is 5.73 Å². The average molecular weight is 269 g/mol. The van der Waals surface area contributed by atoms with Crippen molar-refractivity contribution < 1.29 is 18.0 Å². The number of aromatic nitrogens is 1. The lowest BCUT2D eigenvalue weighted by Gasteiger charge is -2.06. The molecule has 0 fully saturated rings. The van der Waals surface area contributed by atoms with Crippen LogP contribution in [0.1, 0.15) is 22.3 Å². The van der Waals surface area contributed by atoms with Crippen molar-refractivity contribution in [2.45, 2.75) is 6.43 Å². The topological polar surface area (TPSA) is 56.0 Å². The van der Waals surface area contributed by atoms with Gasteiger partial charge in [0, 0.05) is 6.20 Å². The molecule has 1 aromatic heterocycles. The molecule has 0 bridgehead atoms. The zero-order valence-corrected chi connectivity index (χ0v) is 8.19. The van der Waals surface area contributed by atoms with Crippen LogP contribution >= 0.6 is 15.9 Å². The molecule has 0 saturated carbocycles. The number of nitrogens with two attached hydrogens (primary N) is 1. The van der Waals surface area contributed by atoms with Gasteiger partial charge in [0.1, 0.15) is 4.60 Å². The molecule has 0 aliphatic carbocycles. The zero-order chi connectivity index (χ0) is 10.9. The second-order valence-electron chi connectivity index (χ2n) is 2.36. The Morgan fingerprint density at radius 1 is 1.57 bits per heavy atom. The second kappa shape index (κ2) is 3.95. The van der Waals surface area contributed by atoms with Gasteiger partial charge in [-0.05, 0) is 15.9 Å². The largest absolute Gasteiger partial charge is 0.365 e. The Hall–Kier alpha value is -1.11. The third-order valence-electron chi connectivity index (χ3n) is 1.49. The van der Waals surface area contributed by atoms with E-state index in [9.17, 15) is 18.0 Å². The van der Waals surface area contributed by atoms with E-state index >= 15 is 0 Å². The van der Waals surface area contributed by atoms with Gasteiger partial charge in [0.25, 0.3) is 12.3 Å². The minimum absolute atomic E-state index is 0.323. The number of rotatable bonds is 2. The second-order valence-corrected chi connectivity index (χ2v) is 3.11. The van der Waals surface area contributed by atoms with Gasteiger partial charge in [-0.1, -0.05) is 0 Å². The van der Waals surface area contributed by atoms with Crippen molar-refractivity contribution >= 4 is 21.8 Å². The van der Waals surface area contributed by atoms with Crippen molar-refractivity contribution in [3.05, 3.63) is 27.7 Å². The molecule has 7 heteroatoms. The van der Waals surface area contributed by atoms with Crippen LogP contribution in [-0.2, 0) is 0 Å². The van der Waals surface area contributed by atoms with Crippen LogP contribution in [0.4, 0.5) is 13.2 Å². The summed E-state index contributed by atoms with van der Waals surface area (Å²) in [5.41, 5.74) is 3.12. The van der Waals surface area contributed by atoms with Crippen molar-refractivity contribution in [3.8, 4) is 0 Å². The molecule has 0 atom stereocenters. The van der Waals surface area contributed by atoms with Gasteiger partial charge < -0.3 is 5.73 Å². The summed E-state index contributed by atoms with van der Waals surface area (Å²) in [5, 5.41) is 0. The molecule has 0 aliphatic rings. The number of amides is 1. The smallest absolute Gasteiger partial charge is 0.266 e. The predicted molar refractivity (Wildman–Crippen MR) is 45.4 cm³/mol. The lowest BCUT2D eigenvalue weighted by Crippen LogP contribution is -2.17. The molecule has 2 N–H and O–H groups in total. The van der Waals surface area contributed by atoms with Gasteiger partial charge in [0.05, 0.1) is 11.1 Å². The molecule has 1 amide bonds. The number of hydrogen-bond donors (Lipinski definition) is 1. The Balaban J connectivity index is 3.45. The SMILES string of the molecule is NC(=O)c1c(C(F)F)cnc(Br)c1F. The van der Waals surface area contributed by atoms with Crippen molar-refractivity contribution in [1.82, 2.24) is 4.98 Å². The fourth-order valence-corrected chi connectivity index (χ4v) is 1.19. The number of carbonyl (C=O) groups excluding carboxylic acids is 1. The van der Waals surface area contributed by atoms with Crippen LogP contribution in [0.5, 0.6) is 0 Å². The van der Waals surface area contributed by atoms with E-state index in [0.29, 0.717) is 6.20 Å². The minimum atomic E-state index is -2.99. The number of primary amides is 1. The summed E-state index contributed by atoms with van der Waals surface area (Å²) < 4.78 is 37.3. The first-order valence-electron chi connectivity index (χ1n) is 3.37. The van der Waals surface area contributed by atoms with Gasteiger partial charge in [-0.3, -0.25) is 4.79 Å². The fourth-order valence-electron chi connectivity index (χ4n) is 0.893. The van der Waals surface area contributed by atoms with Crippen LogP contribution in [0.25, 0.3) is 0 Å². The van der Waals surface area contributed by atoms with Gasteiger partial charge in [0.15, 0.2) is 5.82 Å². The number of hydrogen-bond acceptors (Lipinski definition) is 2. The van der Waals surface area contributed by atoms with E-state index in [-0.39, 0.29) is 4.60 Å². The third-order valence-corrected chi connectivity index (χ3v) is 2.04. The molecule has 0 spiro atoms. The fraction of sp³-hybridized carbons (Fsp3) is 0.143. The number of nitrogens with zero attached hydrogens (tertiary/aromatic N) is 1. The molecule has 1 heterocycles. The summed E-state index contributed by atoms with van der Waals surface area (Å²) in [6.45, 7) is 0. The highest BCUT2D eigenvalue weighted by molar-refractivity contribution is 9.10. The summed E-state index contributed by atoms with van der Waals surface area (Å²) >= 11 is 2.66. The van der Waals surface area contributed by atoms with E-state index in [0.717, 1.165) is 0 Å². The summed E-state index contributed by atoms with van der Waals surface area (Å²) in [6, 6.07) is 0. The van der Waals surface area contributed by atoms with E-state index in [4.69, 9.17) is 5.73 Å². The number of alkyl halides is 2. The average Bonchev–Trinajstić information content (AvgIpc) is 2.08. The van der Waals surface area contributed by atoms with E-state index in [2.05, 4.69) is 20.9 Å². The number of halogens is 4. The van der Waals surface area contributed by atoms with Crippen molar-refractivity contribution in [1.29, 1.82) is 0 Å². The van der Waals surface area contributed by atoms with Gasteiger partial charge in [0.2, 0.25) is 0 Å². The first-order valence-corrected chi connectivity index (χ1v) is 4.16. The highest BCUT2D eigenvalue weighted by Crippen LogP contribution is 2.26. The molecule has 1 rings (SSSR count). The molecule has 0 unspecified atom stereocenters. The molecule has 0 saturated heterocycles. The summed E-state index contributed by atoms with van der Waals surface area (Å²) in [4.78, 5) is 14.0. The van der Waals surface area contributed by atoms with Crippen LogP contribution in [-0.4, -0.2) is 10.9 Å². The Morgan fingerprint density at radius 2 is 2.14 bits per heavy atom. The lowest BCUT2D eigenvalue weighted by atomic mass is 10.1. The maximum Gasteiger partial charge on any atom is 0.266 e. The Bertz CT molecular complexity index is 383. The van der Waals surface area contributed by atoms with Crippen LogP contribution in [0.3, 0.4) is 0 Å². The maximum absolute atomic E-state index is 13.1. The Morgan fingerprint density at radius 3 is 2.57 bits per heavy atom. The van der Waals surface area contributed by atoms with E-state index in [1.807, 2.05) is 0 Å².